The third-order valence-corrected chi connectivity index (χ3v) is 5.59. The van der Waals surface area contributed by atoms with Gasteiger partial charge in [0.1, 0.15) is 11.0 Å². The third-order valence-electron chi connectivity index (χ3n) is 4.97. The van der Waals surface area contributed by atoms with Gasteiger partial charge in [0.25, 0.3) is 0 Å². The van der Waals surface area contributed by atoms with Gasteiger partial charge in [-0.1, -0.05) is 65.7 Å². The van der Waals surface area contributed by atoms with Crippen molar-refractivity contribution in [3.8, 4) is 0 Å². The molecule has 0 atom stereocenters. The van der Waals surface area contributed by atoms with Crippen molar-refractivity contribution in [3.05, 3.63) is 70.3 Å². The lowest BCUT2D eigenvalue weighted by molar-refractivity contribution is 0.0118. The highest BCUT2D eigenvalue weighted by atomic mass is 35.5. The molecule has 1 aromatic heterocycles. The molecule has 1 N–H and O–H groups in total. The molecular formula is C20H18Cl2N2O. The van der Waals surface area contributed by atoms with Crippen molar-refractivity contribution in [2.75, 3.05) is 18.0 Å². The highest BCUT2D eigenvalue weighted by molar-refractivity contribution is 6.34. The zero-order chi connectivity index (χ0) is 17.4. The number of anilines is 1. The molecule has 1 aliphatic heterocycles. The zero-order valence-corrected chi connectivity index (χ0v) is 15.1. The Morgan fingerprint density at radius 2 is 1.64 bits per heavy atom. The maximum atomic E-state index is 11.1. The molecule has 5 heteroatoms. The molecule has 1 fully saturated rings. The van der Waals surface area contributed by atoms with E-state index in [0.717, 1.165) is 22.2 Å². The fourth-order valence-electron chi connectivity index (χ4n) is 3.52. The molecule has 0 spiro atoms. The number of rotatable bonds is 2. The normalized spacial score (nSPS) is 17.0. The van der Waals surface area contributed by atoms with Gasteiger partial charge in [0.2, 0.25) is 0 Å². The number of benzene rings is 2. The first-order chi connectivity index (χ1) is 12.1. The van der Waals surface area contributed by atoms with Crippen LogP contribution in [-0.4, -0.2) is 23.2 Å². The van der Waals surface area contributed by atoms with Crippen LogP contribution in [0, 0.1) is 0 Å². The summed E-state index contributed by atoms with van der Waals surface area (Å²) in [6.45, 7) is 1.40. The molecule has 0 radical (unpaired) electrons. The smallest absolute Gasteiger partial charge is 0.139 e. The summed E-state index contributed by atoms with van der Waals surface area (Å²) in [7, 11) is 0. The van der Waals surface area contributed by atoms with Gasteiger partial charge in [0.05, 0.1) is 5.60 Å². The summed E-state index contributed by atoms with van der Waals surface area (Å²) >= 11 is 12.6. The first-order valence-electron chi connectivity index (χ1n) is 8.34. The van der Waals surface area contributed by atoms with Gasteiger partial charge in [-0.25, -0.2) is 4.98 Å². The van der Waals surface area contributed by atoms with Crippen LogP contribution in [0.4, 0.5) is 5.82 Å². The minimum Gasteiger partial charge on any atom is -0.385 e. The van der Waals surface area contributed by atoms with Gasteiger partial charge in [-0.2, -0.15) is 0 Å². The van der Waals surface area contributed by atoms with E-state index in [1.165, 1.54) is 0 Å². The Labute approximate surface area is 156 Å². The molecule has 0 bridgehead atoms. The first kappa shape index (κ1) is 16.6. The zero-order valence-electron chi connectivity index (χ0n) is 13.6. The van der Waals surface area contributed by atoms with Crippen LogP contribution in [-0.2, 0) is 5.60 Å². The van der Waals surface area contributed by atoms with Crippen LogP contribution in [0.5, 0.6) is 0 Å². The Hall–Kier alpha value is -1.81. The summed E-state index contributed by atoms with van der Waals surface area (Å²) in [5.74, 6) is 0.852. The van der Waals surface area contributed by atoms with E-state index >= 15 is 0 Å². The lowest BCUT2D eigenvalue weighted by atomic mass is 9.84. The number of hydrogen-bond acceptors (Lipinski definition) is 3. The molecule has 3 nitrogen and oxygen atoms in total. The van der Waals surface area contributed by atoms with Gasteiger partial charge in [0.15, 0.2) is 0 Å². The van der Waals surface area contributed by atoms with Crippen LogP contribution in [0.1, 0.15) is 18.4 Å². The molecule has 0 aliphatic carbocycles. The maximum absolute atomic E-state index is 11.1. The van der Waals surface area contributed by atoms with Crippen LogP contribution in [0.2, 0.25) is 10.2 Å². The average Bonchev–Trinajstić information content (AvgIpc) is 2.62. The molecule has 0 amide bonds. The molecule has 2 heterocycles. The van der Waals surface area contributed by atoms with E-state index in [4.69, 9.17) is 23.2 Å². The number of hydrogen-bond donors (Lipinski definition) is 1. The quantitative estimate of drug-likeness (QED) is 0.640. The molecule has 4 rings (SSSR count). The predicted octanol–water partition coefficient (Wildman–Crippen LogP) is 5.03. The van der Waals surface area contributed by atoms with Crippen molar-refractivity contribution in [2.24, 2.45) is 0 Å². The Morgan fingerprint density at radius 3 is 2.40 bits per heavy atom. The van der Waals surface area contributed by atoms with Crippen molar-refractivity contribution in [1.82, 2.24) is 4.98 Å². The summed E-state index contributed by atoms with van der Waals surface area (Å²) in [5.41, 5.74) is -0.0871. The summed E-state index contributed by atoms with van der Waals surface area (Å²) in [6, 6.07) is 17.5. The van der Waals surface area contributed by atoms with E-state index in [1.807, 2.05) is 48.5 Å². The largest absolute Gasteiger partial charge is 0.385 e. The minimum absolute atomic E-state index is 0.514. The SMILES string of the molecule is OC1(c2ccccc2Cl)CCN(c2cc3ccccc3c(Cl)n2)CC1. The van der Waals surface area contributed by atoms with Crippen LogP contribution >= 0.6 is 23.2 Å². The van der Waals surface area contributed by atoms with E-state index in [0.29, 0.717) is 36.1 Å². The Kier molecular flexibility index (Phi) is 4.32. The fourth-order valence-corrected chi connectivity index (χ4v) is 4.09. The Morgan fingerprint density at radius 1 is 0.960 bits per heavy atom. The van der Waals surface area contributed by atoms with Crippen molar-refractivity contribution in [3.63, 3.8) is 0 Å². The van der Waals surface area contributed by atoms with E-state index < -0.39 is 5.60 Å². The van der Waals surface area contributed by atoms with Crippen molar-refractivity contribution < 1.29 is 5.11 Å². The fraction of sp³-hybridized carbons (Fsp3) is 0.250. The lowest BCUT2D eigenvalue weighted by Gasteiger charge is -2.39. The summed E-state index contributed by atoms with van der Waals surface area (Å²) < 4.78 is 0. The van der Waals surface area contributed by atoms with Crippen molar-refractivity contribution in [1.29, 1.82) is 0 Å². The number of nitrogens with zero attached hydrogens (tertiary/aromatic N) is 2. The molecule has 1 saturated heterocycles. The third kappa shape index (κ3) is 3.08. The monoisotopic (exact) mass is 372 g/mol. The second-order valence-electron chi connectivity index (χ2n) is 6.49. The van der Waals surface area contributed by atoms with E-state index in [2.05, 4.69) is 16.0 Å². The van der Waals surface area contributed by atoms with Gasteiger partial charge in [0, 0.05) is 29.1 Å². The van der Waals surface area contributed by atoms with Gasteiger partial charge >= 0.3 is 0 Å². The van der Waals surface area contributed by atoms with Gasteiger partial charge in [-0.3, -0.25) is 0 Å². The van der Waals surface area contributed by atoms with Crippen LogP contribution in [0.3, 0.4) is 0 Å². The number of halogens is 2. The topological polar surface area (TPSA) is 36.4 Å². The van der Waals surface area contributed by atoms with Crippen molar-refractivity contribution >= 4 is 39.8 Å². The Bertz CT molecular complexity index is 920. The summed E-state index contributed by atoms with van der Waals surface area (Å²) in [4.78, 5) is 6.72. The molecular weight excluding hydrogens is 355 g/mol. The average molecular weight is 373 g/mol. The van der Waals surface area contributed by atoms with Gasteiger partial charge in [-0.15, -0.1) is 0 Å². The first-order valence-corrected chi connectivity index (χ1v) is 9.10. The van der Waals surface area contributed by atoms with Crippen LogP contribution < -0.4 is 4.90 Å². The van der Waals surface area contributed by atoms with Crippen LogP contribution in [0.15, 0.2) is 54.6 Å². The lowest BCUT2D eigenvalue weighted by Crippen LogP contribution is -2.43. The molecule has 1 aliphatic rings. The van der Waals surface area contributed by atoms with E-state index in [-0.39, 0.29) is 0 Å². The summed E-state index contributed by atoms with van der Waals surface area (Å²) in [5, 5.41) is 14.2. The van der Waals surface area contributed by atoms with Crippen molar-refractivity contribution in [2.45, 2.75) is 18.4 Å². The number of aliphatic hydroxyl groups is 1. The summed E-state index contributed by atoms with van der Waals surface area (Å²) in [6.07, 6.45) is 1.20. The number of pyridine rings is 1. The highest BCUT2D eigenvalue weighted by Gasteiger charge is 2.35. The molecule has 128 valence electrons. The predicted molar refractivity (Wildman–Crippen MR) is 104 cm³/mol. The second kappa shape index (κ2) is 6.49. The Balaban J connectivity index is 1.59. The molecule has 0 unspecified atom stereocenters. The number of piperidine rings is 1. The van der Waals surface area contributed by atoms with Crippen LogP contribution in [0.25, 0.3) is 10.8 Å². The maximum Gasteiger partial charge on any atom is 0.139 e. The standard InChI is InChI=1S/C20H18Cl2N2O/c21-17-8-4-3-7-16(17)20(25)9-11-24(12-10-20)18-13-14-5-1-2-6-15(14)19(22)23-18/h1-8,13,25H,9-12H2. The molecule has 2 aromatic carbocycles. The minimum atomic E-state index is -0.893. The van der Waals surface area contributed by atoms with Gasteiger partial charge < -0.3 is 10.0 Å². The molecule has 0 saturated carbocycles. The molecule has 3 aromatic rings. The van der Waals surface area contributed by atoms with E-state index in [1.54, 1.807) is 0 Å². The number of fused-ring (bicyclic) bond motifs is 1. The highest BCUT2D eigenvalue weighted by Crippen LogP contribution is 2.38. The molecule has 25 heavy (non-hydrogen) atoms. The number of aromatic nitrogens is 1. The van der Waals surface area contributed by atoms with Gasteiger partial charge in [-0.05, 0) is 30.4 Å². The van der Waals surface area contributed by atoms with E-state index in [9.17, 15) is 5.11 Å². The second-order valence-corrected chi connectivity index (χ2v) is 7.26.